The Morgan fingerprint density at radius 3 is 2.72 bits per heavy atom. The van der Waals surface area contributed by atoms with Crippen LogP contribution in [0.5, 0.6) is 0 Å². The Hall–Kier alpha value is -3.23. The van der Waals surface area contributed by atoms with Crippen LogP contribution in [-0.4, -0.2) is 35.9 Å². The summed E-state index contributed by atoms with van der Waals surface area (Å²) >= 11 is 0. The fraction of sp³-hybridized carbons (Fsp3) is 0.300. The number of aromatic nitrogens is 6. The van der Waals surface area contributed by atoms with Crippen molar-refractivity contribution < 1.29 is 13.2 Å². The minimum absolute atomic E-state index is 0.0972. The van der Waals surface area contributed by atoms with E-state index in [2.05, 4.69) is 25.3 Å². The third-order valence-electron chi connectivity index (χ3n) is 6.16. The highest BCUT2D eigenvalue weighted by Crippen LogP contribution is 2.65. The number of rotatable bonds is 2. The summed E-state index contributed by atoms with van der Waals surface area (Å²) in [7, 11) is 0. The predicted molar refractivity (Wildman–Crippen MR) is 98.6 cm³/mol. The number of H-pyrrole nitrogens is 1. The SMILES string of the molecule is Fc1ccc(-c2nn3c(c2-c2ccnc4[nH]ncc24)CCC2(C3)CC2(F)F)nc1. The number of halogens is 3. The van der Waals surface area contributed by atoms with Gasteiger partial charge in [-0.3, -0.25) is 14.8 Å². The van der Waals surface area contributed by atoms with E-state index in [4.69, 9.17) is 0 Å². The number of hydrogen-bond acceptors (Lipinski definition) is 4. The van der Waals surface area contributed by atoms with Gasteiger partial charge in [-0.2, -0.15) is 10.2 Å². The van der Waals surface area contributed by atoms with Crippen LogP contribution in [0.25, 0.3) is 33.5 Å². The van der Waals surface area contributed by atoms with Gasteiger partial charge >= 0.3 is 0 Å². The van der Waals surface area contributed by atoms with Crippen LogP contribution >= 0.6 is 0 Å². The minimum Gasteiger partial charge on any atom is -0.267 e. The van der Waals surface area contributed by atoms with Gasteiger partial charge in [0.05, 0.1) is 30.0 Å². The van der Waals surface area contributed by atoms with Crippen molar-refractivity contribution in [2.45, 2.75) is 31.7 Å². The van der Waals surface area contributed by atoms with Crippen molar-refractivity contribution in [1.29, 1.82) is 0 Å². The molecule has 6 nitrogen and oxygen atoms in total. The van der Waals surface area contributed by atoms with Crippen LogP contribution in [-0.2, 0) is 13.0 Å². The van der Waals surface area contributed by atoms with Crippen LogP contribution in [0.3, 0.4) is 0 Å². The summed E-state index contributed by atoms with van der Waals surface area (Å²) in [4.78, 5) is 8.47. The summed E-state index contributed by atoms with van der Waals surface area (Å²) in [6, 6.07) is 4.74. The first-order valence-electron chi connectivity index (χ1n) is 9.35. The van der Waals surface area contributed by atoms with Gasteiger partial charge in [0, 0.05) is 29.3 Å². The number of nitrogens with one attached hydrogen (secondary N) is 1. The van der Waals surface area contributed by atoms with Crippen LogP contribution in [0.4, 0.5) is 13.2 Å². The van der Waals surface area contributed by atoms with E-state index >= 15 is 0 Å². The maximum Gasteiger partial charge on any atom is 0.256 e. The van der Waals surface area contributed by atoms with Gasteiger partial charge in [-0.1, -0.05) is 0 Å². The Labute approximate surface area is 162 Å². The lowest BCUT2D eigenvalue weighted by Crippen LogP contribution is -2.27. The molecule has 6 rings (SSSR count). The normalized spacial score (nSPS) is 22.2. The fourth-order valence-electron chi connectivity index (χ4n) is 4.48. The monoisotopic (exact) mass is 396 g/mol. The van der Waals surface area contributed by atoms with E-state index in [0.717, 1.165) is 28.4 Å². The molecule has 1 saturated carbocycles. The molecule has 9 heteroatoms. The molecule has 1 aliphatic heterocycles. The first kappa shape index (κ1) is 16.7. The summed E-state index contributed by atoms with van der Waals surface area (Å²) in [6.45, 7) is 0.170. The molecule has 0 saturated heterocycles. The zero-order valence-corrected chi connectivity index (χ0v) is 15.2. The molecule has 0 radical (unpaired) electrons. The maximum absolute atomic E-state index is 14.0. The Kier molecular flexibility index (Phi) is 3.13. The van der Waals surface area contributed by atoms with E-state index in [0.29, 0.717) is 29.9 Å². The van der Waals surface area contributed by atoms with Crippen molar-refractivity contribution in [3.63, 3.8) is 0 Å². The molecule has 29 heavy (non-hydrogen) atoms. The molecule has 5 heterocycles. The molecular weight excluding hydrogens is 381 g/mol. The number of nitrogens with zero attached hydrogens (tertiary/aromatic N) is 5. The Balaban J connectivity index is 1.59. The van der Waals surface area contributed by atoms with Crippen molar-refractivity contribution in [3.05, 3.63) is 48.3 Å². The molecule has 1 spiro atoms. The summed E-state index contributed by atoms with van der Waals surface area (Å²) in [5, 5.41) is 12.4. The van der Waals surface area contributed by atoms with Gasteiger partial charge in [0.2, 0.25) is 0 Å². The summed E-state index contributed by atoms with van der Waals surface area (Å²) < 4.78 is 43.1. The quantitative estimate of drug-likeness (QED) is 0.556. The molecule has 0 bridgehead atoms. The molecule has 2 aliphatic rings. The van der Waals surface area contributed by atoms with Crippen molar-refractivity contribution in [1.82, 2.24) is 29.9 Å². The van der Waals surface area contributed by atoms with Crippen molar-refractivity contribution in [2.24, 2.45) is 5.41 Å². The molecule has 1 atom stereocenters. The predicted octanol–water partition coefficient (Wildman–Crippen LogP) is 3.99. The Bertz CT molecular complexity index is 1260. The van der Waals surface area contributed by atoms with Crippen LogP contribution in [0, 0.1) is 11.2 Å². The molecule has 0 aromatic carbocycles. The molecular formula is C20H15F3N6. The van der Waals surface area contributed by atoms with E-state index in [1.54, 1.807) is 23.1 Å². The van der Waals surface area contributed by atoms with Gasteiger partial charge in [0.25, 0.3) is 5.92 Å². The molecule has 4 aromatic heterocycles. The number of fused-ring (bicyclic) bond motifs is 2. The zero-order valence-electron chi connectivity index (χ0n) is 15.2. The number of alkyl halides is 2. The minimum atomic E-state index is -2.64. The Morgan fingerprint density at radius 1 is 1.10 bits per heavy atom. The smallest absolute Gasteiger partial charge is 0.256 e. The largest absolute Gasteiger partial charge is 0.267 e. The molecule has 1 aliphatic carbocycles. The highest BCUT2D eigenvalue weighted by Gasteiger charge is 2.71. The Morgan fingerprint density at radius 2 is 1.97 bits per heavy atom. The number of pyridine rings is 2. The lowest BCUT2D eigenvalue weighted by Gasteiger charge is -2.24. The summed E-state index contributed by atoms with van der Waals surface area (Å²) in [5.41, 5.74) is 3.22. The van der Waals surface area contributed by atoms with E-state index in [-0.39, 0.29) is 13.0 Å². The lowest BCUT2D eigenvalue weighted by molar-refractivity contribution is 0.0462. The molecule has 4 aromatic rings. The third kappa shape index (κ3) is 2.30. The van der Waals surface area contributed by atoms with E-state index in [9.17, 15) is 13.2 Å². The van der Waals surface area contributed by atoms with Gasteiger partial charge in [0.1, 0.15) is 11.5 Å². The van der Waals surface area contributed by atoms with Gasteiger partial charge < -0.3 is 0 Å². The second kappa shape index (κ2) is 5.43. The first-order valence-corrected chi connectivity index (χ1v) is 9.35. The maximum atomic E-state index is 14.0. The topological polar surface area (TPSA) is 72.3 Å². The van der Waals surface area contributed by atoms with Crippen molar-refractivity contribution in [3.8, 4) is 22.5 Å². The van der Waals surface area contributed by atoms with Crippen LogP contribution in [0.1, 0.15) is 18.5 Å². The fourth-order valence-corrected chi connectivity index (χ4v) is 4.48. The van der Waals surface area contributed by atoms with E-state index < -0.39 is 17.2 Å². The van der Waals surface area contributed by atoms with Gasteiger partial charge in [-0.05, 0) is 36.6 Å². The lowest BCUT2D eigenvalue weighted by atomic mass is 9.90. The number of hydrogen-bond donors (Lipinski definition) is 1. The van der Waals surface area contributed by atoms with E-state index in [1.807, 2.05) is 6.07 Å². The second-order valence-electron chi connectivity index (χ2n) is 7.84. The van der Waals surface area contributed by atoms with Crippen LogP contribution in [0.2, 0.25) is 0 Å². The number of aromatic amines is 1. The highest BCUT2D eigenvalue weighted by molar-refractivity contribution is 5.97. The average Bonchev–Trinajstić information content (AvgIpc) is 3.09. The molecule has 1 unspecified atom stereocenters. The molecule has 0 amide bonds. The highest BCUT2D eigenvalue weighted by atomic mass is 19.3. The van der Waals surface area contributed by atoms with Crippen LogP contribution in [0.15, 0.2) is 36.8 Å². The first-order chi connectivity index (χ1) is 14.0. The van der Waals surface area contributed by atoms with Crippen LogP contribution < -0.4 is 0 Å². The molecule has 1 fully saturated rings. The van der Waals surface area contributed by atoms with Crippen molar-refractivity contribution >= 4 is 11.0 Å². The third-order valence-corrected chi connectivity index (χ3v) is 6.16. The van der Waals surface area contributed by atoms with Gasteiger partial charge in [-0.25, -0.2) is 18.2 Å². The standard InChI is InChI=1S/C20H15F3N6/c21-11-1-2-14(25-7-11)17-16(12-4-6-24-18-13(12)8-26-27-18)15-3-5-19(9-20(19,22)23)10-29(15)28-17/h1-2,4,6-8H,3,5,9-10H2,(H,24,26,27). The second-order valence-corrected chi connectivity index (χ2v) is 7.84. The van der Waals surface area contributed by atoms with E-state index in [1.165, 1.54) is 6.07 Å². The van der Waals surface area contributed by atoms with Gasteiger partial charge in [0.15, 0.2) is 5.65 Å². The van der Waals surface area contributed by atoms with Crippen molar-refractivity contribution in [2.75, 3.05) is 0 Å². The molecule has 1 N–H and O–H groups in total. The molecule has 146 valence electrons. The average molecular weight is 396 g/mol. The van der Waals surface area contributed by atoms with Gasteiger partial charge in [-0.15, -0.1) is 0 Å². The summed E-state index contributed by atoms with van der Waals surface area (Å²) in [6.07, 6.45) is 5.29. The zero-order chi connectivity index (χ0) is 19.8. The summed E-state index contributed by atoms with van der Waals surface area (Å²) in [5.74, 6) is -3.09.